The number of fused-ring (bicyclic) bond motifs is 3. The third-order valence-electron chi connectivity index (χ3n) is 3.85. The molecule has 4 aromatic rings. The molecule has 3 aromatic heterocycles. The molecule has 0 fully saturated rings. The van der Waals surface area contributed by atoms with E-state index in [1.165, 1.54) is 0 Å². The number of nitrogens with zero attached hydrogens (tertiary/aromatic N) is 5. The van der Waals surface area contributed by atoms with Crippen LogP contribution in [-0.2, 0) is 0 Å². The number of hydrogen-bond donors (Lipinski definition) is 0. The van der Waals surface area contributed by atoms with Gasteiger partial charge in [-0.1, -0.05) is 12.1 Å². The van der Waals surface area contributed by atoms with Crippen LogP contribution in [0.25, 0.3) is 28.2 Å². The number of aryl methyl sites for hydroxylation is 1. The van der Waals surface area contributed by atoms with Gasteiger partial charge in [-0.3, -0.25) is 4.40 Å². The summed E-state index contributed by atoms with van der Waals surface area (Å²) in [6.07, 6.45) is 0. The fourth-order valence-corrected chi connectivity index (χ4v) is 2.68. The second-order valence-electron chi connectivity index (χ2n) is 5.31. The number of rotatable bonds is 3. The van der Waals surface area contributed by atoms with E-state index in [2.05, 4.69) is 20.2 Å². The van der Waals surface area contributed by atoms with Crippen LogP contribution in [0.1, 0.15) is 5.69 Å². The van der Waals surface area contributed by atoms with E-state index in [-0.39, 0.29) is 0 Å². The van der Waals surface area contributed by atoms with Gasteiger partial charge in [0.25, 0.3) is 0 Å². The van der Waals surface area contributed by atoms with Crippen LogP contribution in [0.15, 0.2) is 36.4 Å². The first-order chi connectivity index (χ1) is 11.7. The van der Waals surface area contributed by atoms with Crippen LogP contribution in [0.4, 0.5) is 0 Å². The fourth-order valence-electron chi connectivity index (χ4n) is 2.68. The van der Waals surface area contributed by atoms with Crippen LogP contribution >= 0.6 is 0 Å². The molecule has 0 amide bonds. The molecule has 3 heterocycles. The van der Waals surface area contributed by atoms with E-state index in [1.54, 1.807) is 20.3 Å². The second kappa shape index (κ2) is 5.45. The number of methoxy groups -OCH3 is 2. The first kappa shape index (κ1) is 14.4. The van der Waals surface area contributed by atoms with E-state index in [0.29, 0.717) is 22.7 Å². The van der Waals surface area contributed by atoms with E-state index in [0.717, 1.165) is 22.8 Å². The van der Waals surface area contributed by atoms with Gasteiger partial charge in [-0.15, -0.1) is 10.2 Å². The lowest BCUT2D eigenvalue weighted by atomic mass is 10.2. The van der Waals surface area contributed by atoms with Crippen LogP contribution < -0.4 is 9.47 Å². The summed E-state index contributed by atoms with van der Waals surface area (Å²) in [5, 5.41) is 8.52. The van der Waals surface area contributed by atoms with Gasteiger partial charge in [0.05, 0.1) is 19.9 Å². The minimum Gasteiger partial charge on any atom is -0.497 e. The Morgan fingerprint density at radius 1 is 0.917 bits per heavy atom. The highest BCUT2D eigenvalue weighted by molar-refractivity contribution is 5.77. The summed E-state index contributed by atoms with van der Waals surface area (Å²) in [5.74, 6) is 2.01. The van der Waals surface area contributed by atoms with E-state index < -0.39 is 0 Å². The number of pyridine rings is 1. The topological polar surface area (TPSA) is 74.4 Å². The van der Waals surface area contributed by atoms with E-state index in [9.17, 15) is 0 Å². The van der Waals surface area contributed by atoms with E-state index in [1.807, 2.05) is 41.7 Å². The normalized spacial score (nSPS) is 11.1. The molecule has 0 radical (unpaired) electrons. The van der Waals surface area contributed by atoms with Gasteiger partial charge in [-0.2, -0.15) is 4.98 Å². The summed E-state index contributed by atoms with van der Waals surface area (Å²) in [6.45, 7) is 1.90. The molecule has 0 saturated carbocycles. The number of hydrogen-bond acceptors (Lipinski definition) is 6. The van der Waals surface area contributed by atoms with Crippen molar-refractivity contribution in [2.75, 3.05) is 14.2 Å². The zero-order valence-electron chi connectivity index (χ0n) is 13.5. The zero-order valence-corrected chi connectivity index (χ0v) is 13.5. The number of aromatic nitrogens is 5. The number of ether oxygens (including phenoxy) is 2. The summed E-state index contributed by atoms with van der Waals surface area (Å²) in [5.41, 5.74) is 3.69. The van der Waals surface area contributed by atoms with Gasteiger partial charge in [0, 0.05) is 11.6 Å². The maximum atomic E-state index is 5.32. The van der Waals surface area contributed by atoms with Gasteiger partial charge >= 0.3 is 0 Å². The summed E-state index contributed by atoms with van der Waals surface area (Å²) in [7, 11) is 3.23. The maximum Gasteiger partial charge on any atom is 0.215 e. The summed E-state index contributed by atoms with van der Waals surface area (Å²) < 4.78 is 12.5. The third-order valence-corrected chi connectivity index (χ3v) is 3.85. The Balaban J connectivity index is 2.09. The molecule has 0 atom stereocenters. The maximum absolute atomic E-state index is 5.32. The minimum absolute atomic E-state index is 0.514. The van der Waals surface area contributed by atoms with Crippen molar-refractivity contribution in [2.24, 2.45) is 0 Å². The monoisotopic (exact) mass is 321 g/mol. The van der Waals surface area contributed by atoms with Gasteiger partial charge in [0.1, 0.15) is 17.1 Å². The first-order valence-electron chi connectivity index (χ1n) is 7.42. The molecule has 1 aromatic carbocycles. The van der Waals surface area contributed by atoms with Crippen LogP contribution in [0.3, 0.4) is 0 Å². The fraction of sp³-hybridized carbons (Fsp3) is 0.176. The molecule has 120 valence electrons. The van der Waals surface area contributed by atoms with Gasteiger partial charge in [0.2, 0.25) is 5.88 Å². The van der Waals surface area contributed by atoms with Crippen molar-refractivity contribution < 1.29 is 9.47 Å². The van der Waals surface area contributed by atoms with Gasteiger partial charge in [-0.25, -0.2) is 4.98 Å². The van der Waals surface area contributed by atoms with Crippen molar-refractivity contribution in [3.8, 4) is 23.0 Å². The molecule has 4 rings (SSSR count). The van der Waals surface area contributed by atoms with E-state index in [4.69, 9.17) is 9.47 Å². The third kappa shape index (κ3) is 2.13. The molecule has 24 heavy (non-hydrogen) atoms. The van der Waals surface area contributed by atoms with Gasteiger partial charge in [-0.05, 0) is 25.1 Å². The highest BCUT2D eigenvalue weighted by atomic mass is 16.5. The lowest BCUT2D eigenvalue weighted by Crippen LogP contribution is -2.00. The minimum atomic E-state index is 0.514. The molecule has 0 bridgehead atoms. The lowest BCUT2D eigenvalue weighted by Gasteiger charge is -2.07. The Bertz CT molecular complexity index is 1060. The Morgan fingerprint density at radius 2 is 1.79 bits per heavy atom. The molecule has 7 heteroatoms. The zero-order chi connectivity index (χ0) is 16.7. The van der Waals surface area contributed by atoms with E-state index >= 15 is 0 Å². The standard InChI is InChI=1S/C17H15N5O2/c1-10-15-21-20-13-7-8-14(24-3)19-17(13)22(15)16(18-10)11-5-4-6-12(9-11)23-2/h4-9H,1-3H3. The Labute approximate surface area is 137 Å². The largest absolute Gasteiger partial charge is 0.497 e. The first-order valence-corrected chi connectivity index (χ1v) is 7.42. The molecular weight excluding hydrogens is 306 g/mol. The molecule has 0 N–H and O–H groups in total. The molecule has 0 aliphatic rings. The predicted octanol–water partition coefficient (Wildman–Crippen LogP) is 2.67. The van der Waals surface area contributed by atoms with Crippen LogP contribution in [0.5, 0.6) is 11.6 Å². The molecule has 0 aliphatic carbocycles. The van der Waals surface area contributed by atoms with Crippen molar-refractivity contribution in [3.63, 3.8) is 0 Å². The van der Waals surface area contributed by atoms with Crippen LogP contribution in [-0.4, -0.2) is 38.8 Å². The highest BCUT2D eigenvalue weighted by Gasteiger charge is 2.16. The molecule has 7 nitrogen and oxygen atoms in total. The average Bonchev–Trinajstić information content (AvgIpc) is 2.98. The smallest absolute Gasteiger partial charge is 0.215 e. The summed E-state index contributed by atoms with van der Waals surface area (Å²) in [6, 6.07) is 11.3. The van der Waals surface area contributed by atoms with Crippen molar-refractivity contribution in [1.82, 2.24) is 24.6 Å². The molecular formula is C17H15N5O2. The molecule has 0 saturated heterocycles. The van der Waals surface area contributed by atoms with Crippen molar-refractivity contribution in [3.05, 3.63) is 42.1 Å². The highest BCUT2D eigenvalue weighted by Crippen LogP contribution is 2.27. The quantitative estimate of drug-likeness (QED) is 0.577. The number of benzene rings is 1. The molecule has 0 unspecified atom stereocenters. The Hall–Kier alpha value is -3.22. The second-order valence-corrected chi connectivity index (χ2v) is 5.31. The average molecular weight is 321 g/mol. The van der Waals surface area contributed by atoms with Gasteiger partial charge < -0.3 is 9.47 Å². The van der Waals surface area contributed by atoms with Crippen LogP contribution in [0.2, 0.25) is 0 Å². The van der Waals surface area contributed by atoms with Gasteiger partial charge in [0.15, 0.2) is 11.3 Å². The van der Waals surface area contributed by atoms with Crippen molar-refractivity contribution >= 4 is 16.8 Å². The summed E-state index contributed by atoms with van der Waals surface area (Å²) >= 11 is 0. The predicted molar refractivity (Wildman–Crippen MR) is 89.4 cm³/mol. The molecule has 0 aliphatic heterocycles. The number of imidazole rings is 1. The van der Waals surface area contributed by atoms with Crippen LogP contribution in [0, 0.1) is 6.92 Å². The Morgan fingerprint density at radius 3 is 2.58 bits per heavy atom. The van der Waals surface area contributed by atoms with Crippen molar-refractivity contribution in [1.29, 1.82) is 0 Å². The summed E-state index contributed by atoms with van der Waals surface area (Å²) in [4.78, 5) is 9.20. The SMILES string of the molecule is COc1cccc(-c2nc(C)c3nnc4ccc(OC)nc4n23)c1. The Kier molecular flexibility index (Phi) is 3.26. The molecule has 0 spiro atoms. The lowest BCUT2D eigenvalue weighted by molar-refractivity contribution is 0.399. The van der Waals surface area contributed by atoms with Crippen molar-refractivity contribution in [2.45, 2.75) is 6.92 Å².